The number of halogens is 1. The van der Waals surface area contributed by atoms with Crippen LogP contribution in [0.5, 0.6) is 5.75 Å². The van der Waals surface area contributed by atoms with Crippen molar-refractivity contribution in [3.63, 3.8) is 0 Å². The van der Waals surface area contributed by atoms with Gasteiger partial charge < -0.3 is 21.3 Å². The van der Waals surface area contributed by atoms with Crippen LogP contribution in [0.1, 0.15) is 24.5 Å². The van der Waals surface area contributed by atoms with Gasteiger partial charge in [-0.05, 0) is 61.1 Å². The molecule has 2 amide bonds. The molecule has 158 valence electrons. The molecule has 3 fully saturated rings. The van der Waals surface area contributed by atoms with Crippen molar-refractivity contribution < 1.29 is 14.6 Å². The van der Waals surface area contributed by atoms with Crippen LogP contribution >= 0.6 is 12.4 Å². The maximum absolute atomic E-state index is 11.2. The Kier molecular flexibility index (Phi) is 7.84. The molecule has 8 heteroatoms. The zero-order valence-corrected chi connectivity index (χ0v) is 17.3. The minimum absolute atomic E-state index is 0. The van der Waals surface area contributed by atoms with Gasteiger partial charge in [0, 0.05) is 24.2 Å². The van der Waals surface area contributed by atoms with Crippen LogP contribution in [0, 0.1) is 11.8 Å². The topological polar surface area (TPSA) is 115 Å². The average molecular weight is 421 g/mol. The molecule has 3 aliphatic heterocycles. The van der Waals surface area contributed by atoms with Gasteiger partial charge >= 0.3 is 6.03 Å². The molecule has 2 bridgehead atoms. The summed E-state index contributed by atoms with van der Waals surface area (Å²) in [5, 5.41) is 12.1. The maximum Gasteiger partial charge on any atom is 0.309 e. The van der Waals surface area contributed by atoms with E-state index in [1.54, 1.807) is 13.3 Å². The van der Waals surface area contributed by atoms with Crippen LogP contribution in [0.4, 0.5) is 4.79 Å². The second-order valence-electron chi connectivity index (χ2n) is 7.38. The zero-order valence-electron chi connectivity index (χ0n) is 16.5. The number of urea groups is 1. The summed E-state index contributed by atoms with van der Waals surface area (Å²) in [6.45, 7) is 6.07. The Balaban J connectivity index is 0.000000552. The van der Waals surface area contributed by atoms with Gasteiger partial charge in [-0.15, -0.1) is 19.0 Å². The minimum atomic E-state index is -0.833. The summed E-state index contributed by atoms with van der Waals surface area (Å²) in [7, 11) is 1.66. The van der Waals surface area contributed by atoms with Crippen molar-refractivity contribution in [1.29, 1.82) is 0 Å². The number of aromatic nitrogens is 1. The number of rotatable bonds is 4. The largest absolute Gasteiger partial charge is 0.497 e. The van der Waals surface area contributed by atoms with Crippen LogP contribution in [-0.4, -0.2) is 47.3 Å². The molecule has 7 nitrogen and oxygen atoms in total. The zero-order chi connectivity index (χ0) is 20.3. The Morgan fingerprint density at radius 1 is 1.41 bits per heavy atom. The van der Waals surface area contributed by atoms with Gasteiger partial charge in [-0.1, -0.05) is 6.08 Å². The van der Waals surface area contributed by atoms with Gasteiger partial charge in [-0.3, -0.25) is 9.88 Å². The molecule has 5 unspecified atom stereocenters. The summed E-state index contributed by atoms with van der Waals surface area (Å²) in [6, 6.07) is 7.12. The lowest BCUT2D eigenvalue weighted by Gasteiger charge is -2.50. The van der Waals surface area contributed by atoms with E-state index < -0.39 is 12.1 Å². The number of amides is 2. The number of ether oxygens (including phenoxy) is 1. The number of aliphatic hydroxyl groups is 1. The normalized spacial score (nSPS) is 25.9. The number of carbonyl (C=O) groups is 1. The summed E-state index contributed by atoms with van der Waals surface area (Å²) < 4.78 is 5.35. The van der Waals surface area contributed by atoms with Crippen molar-refractivity contribution in [2.75, 3.05) is 20.2 Å². The Bertz CT molecular complexity index is 859. The fourth-order valence-electron chi connectivity index (χ4n) is 4.44. The van der Waals surface area contributed by atoms with Gasteiger partial charge in [0.1, 0.15) is 5.75 Å². The molecule has 1 aromatic heterocycles. The van der Waals surface area contributed by atoms with E-state index in [2.05, 4.69) is 34.0 Å². The van der Waals surface area contributed by atoms with E-state index in [1.165, 1.54) is 6.42 Å². The second-order valence-corrected chi connectivity index (χ2v) is 7.38. The van der Waals surface area contributed by atoms with Gasteiger partial charge in [-0.25, -0.2) is 4.79 Å². The highest BCUT2D eigenvalue weighted by molar-refractivity contribution is 5.85. The highest BCUT2D eigenvalue weighted by atomic mass is 35.5. The van der Waals surface area contributed by atoms with E-state index >= 15 is 0 Å². The standard InChI is InChI=1S/C20H24N2O2.CH4N2O.ClH/c1-3-13-12-22-9-7-14(13)10-19(22)20(23)16-6-8-21-18-5-4-15(24-2)11-17(16)18;2-1(3)4;/h3-6,8,11,13-14,19-20,23H,1,7,9-10,12H2,2H3;(H4,2,3,4);1H. The van der Waals surface area contributed by atoms with Crippen molar-refractivity contribution in [2.45, 2.75) is 25.0 Å². The molecule has 0 aliphatic carbocycles. The van der Waals surface area contributed by atoms with Crippen LogP contribution in [0.25, 0.3) is 10.9 Å². The first kappa shape index (κ1) is 22.9. The third kappa shape index (κ3) is 4.98. The van der Waals surface area contributed by atoms with E-state index in [1.807, 2.05) is 24.3 Å². The molecule has 5 atom stereocenters. The number of nitrogens with zero attached hydrogens (tertiary/aromatic N) is 2. The highest BCUT2D eigenvalue weighted by Crippen LogP contribution is 2.42. The fourth-order valence-corrected chi connectivity index (χ4v) is 4.44. The molecule has 0 saturated carbocycles. The number of fused-ring (bicyclic) bond motifs is 4. The number of nitrogens with two attached hydrogens (primary N) is 2. The monoisotopic (exact) mass is 420 g/mol. The van der Waals surface area contributed by atoms with Crippen molar-refractivity contribution >= 4 is 29.3 Å². The lowest BCUT2D eigenvalue weighted by molar-refractivity contribution is -0.0444. The van der Waals surface area contributed by atoms with E-state index in [9.17, 15) is 5.11 Å². The summed E-state index contributed by atoms with van der Waals surface area (Å²) in [6.07, 6.45) is 5.62. The Morgan fingerprint density at radius 2 is 2.14 bits per heavy atom. The van der Waals surface area contributed by atoms with Crippen LogP contribution < -0.4 is 16.2 Å². The lowest BCUT2D eigenvalue weighted by atomic mass is 9.73. The third-order valence-corrected chi connectivity index (χ3v) is 5.82. The molecule has 2 aromatic rings. The van der Waals surface area contributed by atoms with Crippen LogP contribution in [-0.2, 0) is 0 Å². The predicted molar refractivity (Wildman–Crippen MR) is 116 cm³/mol. The molecule has 0 radical (unpaired) electrons. The number of primary amides is 2. The number of aliphatic hydroxyl groups excluding tert-OH is 1. The van der Waals surface area contributed by atoms with E-state index in [0.717, 1.165) is 41.7 Å². The fraction of sp³-hybridized carbons (Fsp3) is 0.429. The predicted octanol–water partition coefficient (Wildman–Crippen LogP) is 2.62. The molecular formula is C21H29ClN4O3. The highest BCUT2D eigenvalue weighted by Gasteiger charge is 2.42. The summed E-state index contributed by atoms with van der Waals surface area (Å²) >= 11 is 0. The van der Waals surface area contributed by atoms with Crippen LogP contribution in [0.15, 0.2) is 43.1 Å². The van der Waals surface area contributed by atoms with Gasteiger partial charge in [0.2, 0.25) is 0 Å². The molecule has 5 N–H and O–H groups in total. The number of pyridine rings is 1. The lowest BCUT2D eigenvalue weighted by Crippen LogP contribution is -2.54. The Hall–Kier alpha value is -2.35. The number of benzene rings is 1. The van der Waals surface area contributed by atoms with E-state index in [4.69, 9.17) is 9.53 Å². The molecule has 5 rings (SSSR count). The maximum atomic E-state index is 11.2. The summed E-state index contributed by atoms with van der Waals surface area (Å²) in [4.78, 5) is 15.9. The molecule has 3 saturated heterocycles. The van der Waals surface area contributed by atoms with E-state index in [-0.39, 0.29) is 18.4 Å². The quantitative estimate of drug-likeness (QED) is 0.657. The second kappa shape index (κ2) is 9.91. The Morgan fingerprint density at radius 3 is 2.72 bits per heavy atom. The molecular weight excluding hydrogens is 392 g/mol. The first-order valence-corrected chi connectivity index (χ1v) is 9.46. The number of methoxy groups -OCH3 is 1. The van der Waals surface area contributed by atoms with Gasteiger partial charge in [0.15, 0.2) is 0 Å². The summed E-state index contributed by atoms with van der Waals surface area (Å²) in [5.41, 5.74) is 10.3. The van der Waals surface area contributed by atoms with Crippen molar-refractivity contribution in [3.05, 3.63) is 48.7 Å². The smallest absolute Gasteiger partial charge is 0.309 e. The molecule has 4 heterocycles. The third-order valence-electron chi connectivity index (χ3n) is 5.82. The van der Waals surface area contributed by atoms with Gasteiger partial charge in [0.05, 0.1) is 18.7 Å². The number of hydrogen-bond acceptors (Lipinski definition) is 5. The molecule has 0 spiro atoms. The molecule has 29 heavy (non-hydrogen) atoms. The van der Waals surface area contributed by atoms with E-state index in [0.29, 0.717) is 11.8 Å². The van der Waals surface area contributed by atoms with Gasteiger partial charge in [0.25, 0.3) is 0 Å². The van der Waals surface area contributed by atoms with Crippen LogP contribution in [0.2, 0.25) is 0 Å². The SMILES string of the molecule is C=CC1CN2CCC1CC2C(O)c1ccnc2ccc(OC)cc12.Cl.NC(N)=O. The van der Waals surface area contributed by atoms with Crippen molar-refractivity contribution in [1.82, 2.24) is 9.88 Å². The first-order valence-electron chi connectivity index (χ1n) is 9.46. The minimum Gasteiger partial charge on any atom is -0.497 e. The van der Waals surface area contributed by atoms with Gasteiger partial charge in [-0.2, -0.15) is 0 Å². The Labute approximate surface area is 177 Å². The number of piperidine rings is 3. The van der Waals surface area contributed by atoms with Crippen molar-refractivity contribution in [2.24, 2.45) is 23.3 Å². The molecule has 1 aromatic carbocycles. The van der Waals surface area contributed by atoms with Crippen LogP contribution in [0.3, 0.4) is 0 Å². The number of carbonyl (C=O) groups excluding carboxylic acids is 1. The average Bonchev–Trinajstić information content (AvgIpc) is 2.72. The number of hydrogen-bond donors (Lipinski definition) is 3. The first-order chi connectivity index (χ1) is 13.4. The summed E-state index contributed by atoms with van der Waals surface area (Å²) in [5.74, 6) is 2.01. The van der Waals surface area contributed by atoms with Crippen molar-refractivity contribution in [3.8, 4) is 5.75 Å². The molecule has 3 aliphatic rings.